The van der Waals surface area contributed by atoms with Crippen LogP contribution in [0, 0.1) is 0 Å². The van der Waals surface area contributed by atoms with Crippen molar-refractivity contribution in [3.8, 4) is 0 Å². The van der Waals surface area contributed by atoms with Crippen LogP contribution >= 0.6 is 0 Å². The molecule has 7 nitrogen and oxygen atoms in total. The number of rotatable bonds is 8. The molecule has 0 aliphatic carbocycles. The molecule has 1 N–H and O–H groups in total. The first kappa shape index (κ1) is 19.9. The van der Waals surface area contributed by atoms with Crippen LogP contribution in [-0.2, 0) is 21.4 Å². The third kappa shape index (κ3) is 6.12. The van der Waals surface area contributed by atoms with E-state index in [1.807, 2.05) is 43.3 Å². The fourth-order valence-electron chi connectivity index (χ4n) is 2.35. The second-order valence-corrected chi connectivity index (χ2v) is 8.17. The lowest BCUT2D eigenvalue weighted by atomic mass is 10.2. The van der Waals surface area contributed by atoms with Gasteiger partial charge in [-0.25, -0.2) is 8.42 Å². The van der Waals surface area contributed by atoms with Crippen molar-refractivity contribution in [3.05, 3.63) is 54.4 Å². The maximum absolute atomic E-state index is 12.2. The van der Waals surface area contributed by atoms with Crippen molar-refractivity contribution < 1.29 is 13.2 Å². The molecule has 0 aliphatic rings. The minimum Gasteiger partial charge on any atom is -0.378 e. The van der Waals surface area contributed by atoms with Crippen molar-refractivity contribution in [2.24, 2.45) is 0 Å². The zero-order chi connectivity index (χ0) is 19.2. The van der Waals surface area contributed by atoms with Gasteiger partial charge in [0.1, 0.15) is 0 Å². The molecule has 0 radical (unpaired) electrons. The van der Waals surface area contributed by atoms with Crippen LogP contribution in [0.25, 0.3) is 0 Å². The Morgan fingerprint density at radius 3 is 2.23 bits per heavy atom. The predicted octanol–water partition coefficient (Wildman–Crippen LogP) is 1.94. The number of pyridine rings is 1. The SMILES string of the molecule is CN(C)c1ccc(NC(=O)CCN(Cc2ccncc2)S(C)(=O)=O)cc1. The van der Waals surface area contributed by atoms with Crippen molar-refractivity contribution in [1.82, 2.24) is 9.29 Å². The Balaban J connectivity index is 1.94. The lowest BCUT2D eigenvalue weighted by Gasteiger charge is -2.19. The molecule has 1 aromatic heterocycles. The zero-order valence-corrected chi connectivity index (χ0v) is 16.0. The first-order valence-corrected chi connectivity index (χ1v) is 10.0. The van der Waals surface area contributed by atoms with Crippen LogP contribution < -0.4 is 10.2 Å². The summed E-state index contributed by atoms with van der Waals surface area (Å²) < 4.78 is 25.3. The Morgan fingerprint density at radius 1 is 1.08 bits per heavy atom. The highest BCUT2D eigenvalue weighted by atomic mass is 32.2. The average molecular weight is 376 g/mol. The van der Waals surface area contributed by atoms with E-state index < -0.39 is 10.0 Å². The second kappa shape index (κ2) is 8.77. The molecule has 8 heteroatoms. The van der Waals surface area contributed by atoms with Gasteiger partial charge in [-0.3, -0.25) is 9.78 Å². The summed E-state index contributed by atoms with van der Waals surface area (Å²) in [5.74, 6) is -0.231. The maximum Gasteiger partial charge on any atom is 0.225 e. The molecule has 0 bridgehead atoms. The topological polar surface area (TPSA) is 82.6 Å². The summed E-state index contributed by atoms with van der Waals surface area (Å²) in [5.41, 5.74) is 2.54. The first-order chi connectivity index (χ1) is 12.3. The number of hydrogen-bond donors (Lipinski definition) is 1. The van der Waals surface area contributed by atoms with Gasteiger partial charge in [-0.1, -0.05) is 0 Å². The van der Waals surface area contributed by atoms with Crippen molar-refractivity contribution in [1.29, 1.82) is 0 Å². The maximum atomic E-state index is 12.2. The van der Waals surface area contributed by atoms with Crippen LogP contribution in [0.15, 0.2) is 48.8 Å². The van der Waals surface area contributed by atoms with E-state index in [0.29, 0.717) is 5.69 Å². The number of anilines is 2. The summed E-state index contributed by atoms with van der Waals surface area (Å²) in [5, 5.41) is 2.79. The number of nitrogens with zero attached hydrogens (tertiary/aromatic N) is 3. The van der Waals surface area contributed by atoms with Crippen LogP contribution in [-0.4, -0.2) is 50.5 Å². The van der Waals surface area contributed by atoms with E-state index in [1.54, 1.807) is 24.5 Å². The number of amides is 1. The van der Waals surface area contributed by atoms with Gasteiger partial charge in [-0.05, 0) is 42.0 Å². The standard InChI is InChI=1S/C18H24N4O3S/c1-21(2)17-6-4-16(5-7-17)20-18(23)10-13-22(26(3,24)25)14-15-8-11-19-12-9-15/h4-9,11-12H,10,13-14H2,1-3H3,(H,20,23). The molecule has 2 rings (SSSR count). The Kier molecular flexibility index (Phi) is 6.70. The first-order valence-electron chi connectivity index (χ1n) is 8.17. The Hall–Kier alpha value is -2.45. The predicted molar refractivity (Wildman–Crippen MR) is 104 cm³/mol. The average Bonchev–Trinajstić information content (AvgIpc) is 2.59. The Morgan fingerprint density at radius 2 is 1.69 bits per heavy atom. The molecule has 1 amide bonds. The summed E-state index contributed by atoms with van der Waals surface area (Å²) in [6.07, 6.45) is 4.44. The molecular formula is C18H24N4O3S. The molecule has 1 heterocycles. The fraction of sp³-hybridized carbons (Fsp3) is 0.333. The van der Waals surface area contributed by atoms with Crippen molar-refractivity contribution in [2.75, 3.05) is 37.1 Å². The van der Waals surface area contributed by atoms with E-state index in [9.17, 15) is 13.2 Å². The summed E-state index contributed by atoms with van der Waals surface area (Å²) in [6, 6.07) is 11.0. The lowest BCUT2D eigenvalue weighted by molar-refractivity contribution is -0.116. The number of benzene rings is 1. The van der Waals surface area contributed by atoms with Crippen molar-refractivity contribution in [2.45, 2.75) is 13.0 Å². The van der Waals surface area contributed by atoms with Gasteiger partial charge in [-0.2, -0.15) is 4.31 Å². The number of sulfonamides is 1. The fourth-order valence-corrected chi connectivity index (χ4v) is 3.15. The molecule has 26 heavy (non-hydrogen) atoms. The number of aromatic nitrogens is 1. The monoisotopic (exact) mass is 376 g/mol. The highest BCUT2D eigenvalue weighted by molar-refractivity contribution is 7.88. The van der Waals surface area contributed by atoms with E-state index in [0.717, 1.165) is 17.5 Å². The van der Waals surface area contributed by atoms with E-state index in [1.165, 1.54) is 4.31 Å². The van der Waals surface area contributed by atoms with Gasteiger partial charge in [0, 0.05) is 57.4 Å². The quantitative estimate of drug-likeness (QED) is 0.761. The van der Waals surface area contributed by atoms with Crippen LogP contribution in [0.5, 0.6) is 0 Å². The molecule has 0 spiro atoms. The summed E-state index contributed by atoms with van der Waals surface area (Å²) >= 11 is 0. The Labute approximate surface area is 154 Å². The van der Waals surface area contributed by atoms with Crippen LogP contribution in [0.1, 0.15) is 12.0 Å². The van der Waals surface area contributed by atoms with Gasteiger partial charge in [0.25, 0.3) is 0 Å². The number of nitrogens with one attached hydrogen (secondary N) is 1. The van der Waals surface area contributed by atoms with Gasteiger partial charge in [-0.15, -0.1) is 0 Å². The summed E-state index contributed by atoms with van der Waals surface area (Å²) in [6.45, 7) is 0.328. The van der Waals surface area contributed by atoms with Gasteiger partial charge in [0.05, 0.1) is 6.26 Å². The van der Waals surface area contributed by atoms with Crippen molar-refractivity contribution in [3.63, 3.8) is 0 Å². The number of carbonyl (C=O) groups excluding carboxylic acids is 1. The van der Waals surface area contributed by atoms with E-state index in [-0.39, 0.29) is 25.4 Å². The minimum atomic E-state index is -3.42. The van der Waals surface area contributed by atoms with Crippen LogP contribution in [0.2, 0.25) is 0 Å². The van der Waals surface area contributed by atoms with Gasteiger partial charge >= 0.3 is 0 Å². The van der Waals surface area contributed by atoms with Crippen LogP contribution in [0.3, 0.4) is 0 Å². The molecule has 0 aliphatic heterocycles. The summed E-state index contributed by atoms with van der Waals surface area (Å²) in [4.78, 5) is 18.0. The Bertz CT molecular complexity index is 821. The molecule has 140 valence electrons. The molecule has 0 atom stereocenters. The van der Waals surface area contributed by atoms with Crippen molar-refractivity contribution >= 4 is 27.3 Å². The minimum absolute atomic E-state index is 0.0770. The van der Waals surface area contributed by atoms with Gasteiger partial charge < -0.3 is 10.2 Å². The number of carbonyl (C=O) groups is 1. The zero-order valence-electron chi connectivity index (χ0n) is 15.2. The molecule has 0 unspecified atom stereocenters. The van der Waals surface area contributed by atoms with Gasteiger partial charge in [0.15, 0.2) is 0 Å². The van der Waals surface area contributed by atoms with E-state index >= 15 is 0 Å². The number of hydrogen-bond acceptors (Lipinski definition) is 5. The summed E-state index contributed by atoms with van der Waals surface area (Å²) in [7, 11) is 0.462. The molecular weight excluding hydrogens is 352 g/mol. The van der Waals surface area contributed by atoms with E-state index in [4.69, 9.17) is 0 Å². The third-order valence-electron chi connectivity index (χ3n) is 3.83. The lowest BCUT2D eigenvalue weighted by Crippen LogP contribution is -2.32. The normalized spacial score (nSPS) is 11.4. The molecule has 0 saturated carbocycles. The third-order valence-corrected chi connectivity index (χ3v) is 5.08. The van der Waals surface area contributed by atoms with Crippen LogP contribution in [0.4, 0.5) is 11.4 Å². The largest absolute Gasteiger partial charge is 0.378 e. The smallest absolute Gasteiger partial charge is 0.225 e. The van der Waals surface area contributed by atoms with E-state index in [2.05, 4.69) is 10.3 Å². The molecule has 0 saturated heterocycles. The highest BCUT2D eigenvalue weighted by Gasteiger charge is 2.18. The molecule has 0 fully saturated rings. The molecule has 1 aromatic carbocycles. The second-order valence-electron chi connectivity index (χ2n) is 6.19. The highest BCUT2D eigenvalue weighted by Crippen LogP contribution is 2.16. The molecule has 2 aromatic rings. The van der Waals surface area contributed by atoms with Gasteiger partial charge in [0.2, 0.25) is 15.9 Å².